The molecule has 0 saturated carbocycles. The topological polar surface area (TPSA) is 104 Å². The molecule has 2 rings (SSSR count). The van der Waals surface area contributed by atoms with E-state index in [0.717, 1.165) is 37.7 Å². The number of rotatable bonds is 6. The Bertz CT molecular complexity index is 445. The number of aromatic nitrogens is 1. The lowest BCUT2D eigenvalue weighted by atomic mass is 10.3. The van der Waals surface area contributed by atoms with E-state index in [-0.39, 0.29) is 12.5 Å². The third-order valence-electron chi connectivity index (χ3n) is 3.11. The number of unbranched alkanes of at least 4 members (excludes halogenated alkanes) is 1. The van der Waals surface area contributed by atoms with Gasteiger partial charge in [0.2, 0.25) is 0 Å². The fourth-order valence-corrected chi connectivity index (χ4v) is 2.95. The number of thiazole rings is 1. The molecular formula is C12H21N5O2S. The minimum atomic E-state index is -0.181. The van der Waals surface area contributed by atoms with E-state index in [0.29, 0.717) is 23.7 Å². The maximum Gasteiger partial charge on any atom is 0.265 e. The summed E-state index contributed by atoms with van der Waals surface area (Å²) in [6.07, 6.45) is 1.44. The van der Waals surface area contributed by atoms with Gasteiger partial charge in [0, 0.05) is 39.3 Å². The average molecular weight is 299 g/mol. The molecule has 1 aliphatic rings. The van der Waals surface area contributed by atoms with Crippen LogP contribution in [0.25, 0.3) is 0 Å². The molecule has 0 bridgehead atoms. The Labute approximate surface area is 122 Å². The third kappa shape index (κ3) is 3.81. The van der Waals surface area contributed by atoms with E-state index in [1.807, 2.05) is 0 Å². The molecule has 0 aliphatic carbocycles. The van der Waals surface area contributed by atoms with Crippen LogP contribution in [-0.4, -0.2) is 55.3 Å². The number of anilines is 2. The maximum absolute atomic E-state index is 12.0. The van der Waals surface area contributed by atoms with Crippen LogP contribution < -0.4 is 21.3 Å². The SMILES string of the molecule is Nc1nc(N2CCNCC2)sc1C(=O)NCCCCO. The summed E-state index contributed by atoms with van der Waals surface area (Å²) in [5, 5.41) is 15.6. The summed E-state index contributed by atoms with van der Waals surface area (Å²) < 4.78 is 0. The van der Waals surface area contributed by atoms with Crippen molar-refractivity contribution in [1.29, 1.82) is 0 Å². The van der Waals surface area contributed by atoms with Gasteiger partial charge in [0.05, 0.1) is 0 Å². The van der Waals surface area contributed by atoms with Crippen molar-refractivity contribution < 1.29 is 9.90 Å². The predicted molar refractivity (Wildman–Crippen MR) is 80.3 cm³/mol. The molecular weight excluding hydrogens is 278 g/mol. The summed E-state index contributed by atoms with van der Waals surface area (Å²) >= 11 is 1.34. The van der Waals surface area contributed by atoms with Gasteiger partial charge in [0.1, 0.15) is 10.7 Å². The lowest BCUT2D eigenvalue weighted by Crippen LogP contribution is -2.43. The van der Waals surface area contributed by atoms with Gasteiger partial charge in [-0.2, -0.15) is 0 Å². The fraction of sp³-hybridized carbons (Fsp3) is 0.667. The highest BCUT2D eigenvalue weighted by Crippen LogP contribution is 2.28. The average Bonchev–Trinajstić information content (AvgIpc) is 2.86. The number of nitrogens with two attached hydrogens (primary N) is 1. The zero-order valence-electron chi connectivity index (χ0n) is 11.4. The van der Waals surface area contributed by atoms with E-state index < -0.39 is 0 Å². The van der Waals surface area contributed by atoms with Crippen molar-refractivity contribution in [3.05, 3.63) is 4.88 Å². The van der Waals surface area contributed by atoms with Crippen molar-refractivity contribution in [1.82, 2.24) is 15.6 Å². The standard InChI is InChI=1S/C12H21N5O2S/c13-10-9(11(19)15-3-1-2-8-18)20-12(16-10)17-6-4-14-5-7-17/h14,18H,1-8,13H2,(H,15,19). The zero-order chi connectivity index (χ0) is 14.4. The molecule has 112 valence electrons. The summed E-state index contributed by atoms with van der Waals surface area (Å²) in [5.74, 6) is 0.113. The van der Waals surface area contributed by atoms with Crippen molar-refractivity contribution in [2.24, 2.45) is 0 Å². The molecule has 1 aliphatic heterocycles. The lowest BCUT2D eigenvalue weighted by molar-refractivity contribution is 0.0957. The lowest BCUT2D eigenvalue weighted by Gasteiger charge is -2.26. The van der Waals surface area contributed by atoms with E-state index >= 15 is 0 Å². The number of aliphatic hydroxyl groups excluding tert-OH is 1. The number of carbonyl (C=O) groups excluding carboxylic acids is 1. The van der Waals surface area contributed by atoms with Gasteiger partial charge in [-0.15, -0.1) is 0 Å². The minimum Gasteiger partial charge on any atom is -0.396 e. The highest BCUT2D eigenvalue weighted by molar-refractivity contribution is 7.18. The highest BCUT2D eigenvalue weighted by Gasteiger charge is 2.20. The predicted octanol–water partition coefficient (Wildman–Crippen LogP) is -0.363. The molecule has 2 heterocycles. The molecule has 7 nitrogen and oxygen atoms in total. The van der Waals surface area contributed by atoms with Crippen LogP contribution in [0.4, 0.5) is 10.9 Å². The van der Waals surface area contributed by atoms with Crippen LogP contribution in [0.3, 0.4) is 0 Å². The van der Waals surface area contributed by atoms with Gasteiger partial charge in [-0.25, -0.2) is 4.98 Å². The van der Waals surface area contributed by atoms with E-state index in [1.54, 1.807) is 0 Å². The van der Waals surface area contributed by atoms with Crippen LogP contribution in [0, 0.1) is 0 Å². The van der Waals surface area contributed by atoms with Gasteiger partial charge in [0.25, 0.3) is 5.91 Å². The Balaban J connectivity index is 1.94. The molecule has 1 amide bonds. The monoisotopic (exact) mass is 299 g/mol. The summed E-state index contributed by atoms with van der Waals surface area (Å²) in [5.41, 5.74) is 5.84. The second kappa shape index (κ2) is 7.41. The number of piperazine rings is 1. The number of hydrogen-bond acceptors (Lipinski definition) is 7. The summed E-state index contributed by atoms with van der Waals surface area (Å²) in [6, 6.07) is 0. The maximum atomic E-state index is 12.0. The van der Waals surface area contributed by atoms with Crippen LogP contribution in [0.2, 0.25) is 0 Å². The zero-order valence-corrected chi connectivity index (χ0v) is 12.2. The fourth-order valence-electron chi connectivity index (χ4n) is 1.99. The van der Waals surface area contributed by atoms with Crippen molar-refractivity contribution in [2.75, 3.05) is 50.0 Å². The van der Waals surface area contributed by atoms with Gasteiger partial charge in [-0.3, -0.25) is 4.79 Å². The van der Waals surface area contributed by atoms with E-state index in [2.05, 4.69) is 20.5 Å². The molecule has 1 aromatic heterocycles. The second-order valence-corrected chi connectivity index (χ2v) is 5.61. The van der Waals surface area contributed by atoms with Gasteiger partial charge >= 0.3 is 0 Å². The van der Waals surface area contributed by atoms with Crippen molar-refractivity contribution in [2.45, 2.75) is 12.8 Å². The first-order chi connectivity index (χ1) is 9.72. The number of hydrogen-bond donors (Lipinski definition) is 4. The molecule has 8 heteroatoms. The molecule has 1 saturated heterocycles. The number of amides is 1. The van der Waals surface area contributed by atoms with Gasteiger partial charge in [-0.1, -0.05) is 11.3 Å². The number of nitrogen functional groups attached to an aromatic ring is 1. The van der Waals surface area contributed by atoms with Gasteiger partial charge in [-0.05, 0) is 12.8 Å². The molecule has 0 radical (unpaired) electrons. The molecule has 0 unspecified atom stereocenters. The van der Waals surface area contributed by atoms with Crippen LogP contribution >= 0.6 is 11.3 Å². The van der Waals surface area contributed by atoms with Crippen molar-refractivity contribution in [3.63, 3.8) is 0 Å². The summed E-state index contributed by atoms with van der Waals surface area (Å²) in [6.45, 7) is 4.28. The minimum absolute atomic E-state index is 0.145. The largest absolute Gasteiger partial charge is 0.396 e. The Morgan fingerprint density at radius 1 is 1.45 bits per heavy atom. The van der Waals surface area contributed by atoms with E-state index in [9.17, 15) is 4.79 Å². The molecule has 0 atom stereocenters. The van der Waals surface area contributed by atoms with Crippen molar-refractivity contribution in [3.8, 4) is 0 Å². The molecule has 1 fully saturated rings. The summed E-state index contributed by atoms with van der Waals surface area (Å²) in [7, 11) is 0. The van der Waals surface area contributed by atoms with Gasteiger partial charge < -0.3 is 26.4 Å². The van der Waals surface area contributed by atoms with Crippen LogP contribution in [0.15, 0.2) is 0 Å². The molecule has 1 aromatic rings. The smallest absolute Gasteiger partial charge is 0.265 e. The Kier molecular flexibility index (Phi) is 5.57. The third-order valence-corrected chi connectivity index (χ3v) is 4.24. The quantitative estimate of drug-likeness (QED) is 0.535. The van der Waals surface area contributed by atoms with Crippen LogP contribution in [0.1, 0.15) is 22.5 Å². The number of nitrogens with one attached hydrogen (secondary N) is 2. The van der Waals surface area contributed by atoms with Crippen LogP contribution in [-0.2, 0) is 0 Å². The van der Waals surface area contributed by atoms with Crippen molar-refractivity contribution >= 4 is 28.2 Å². The first-order valence-corrected chi connectivity index (χ1v) is 7.65. The first kappa shape index (κ1) is 15.0. The normalized spacial score (nSPS) is 15.3. The molecule has 0 spiro atoms. The molecule has 5 N–H and O–H groups in total. The Hall–Kier alpha value is -1.38. The van der Waals surface area contributed by atoms with E-state index in [1.165, 1.54) is 11.3 Å². The second-order valence-electron chi connectivity index (χ2n) is 4.63. The van der Waals surface area contributed by atoms with E-state index in [4.69, 9.17) is 10.8 Å². The summed E-state index contributed by atoms with van der Waals surface area (Å²) in [4.78, 5) is 18.9. The Morgan fingerprint density at radius 2 is 2.20 bits per heavy atom. The number of aliphatic hydroxyl groups is 1. The first-order valence-electron chi connectivity index (χ1n) is 6.83. The molecule has 20 heavy (non-hydrogen) atoms. The van der Waals surface area contributed by atoms with Crippen LogP contribution in [0.5, 0.6) is 0 Å². The molecule has 0 aromatic carbocycles. The number of carbonyl (C=O) groups is 1. The van der Waals surface area contributed by atoms with Gasteiger partial charge in [0.15, 0.2) is 5.13 Å². The Morgan fingerprint density at radius 3 is 2.90 bits per heavy atom. The highest BCUT2D eigenvalue weighted by atomic mass is 32.1. The number of nitrogens with zero attached hydrogens (tertiary/aromatic N) is 2.